The summed E-state index contributed by atoms with van der Waals surface area (Å²) in [5.41, 5.74) is 6.12. The molecule has 0 saturated carbocycles. The number of carboxylic acids is 1. The minimum absolute atomic E-state index is 0. The predicted octanol–water partition coefficient (Wildman–Crippen LogP) is -0.715. The smallest absolute Gasteiger partial charge is 1.00 e. The Hall–Kier alpha value is -1.21. The Morgan fingerprint density at radius 3 is 2.75 bits per heavy atom. The average Bonchev–Trinajstić information content (AvgIpc) is 2.17. The quantitative estimate of drug-likeness (QED) is 0.635. The number of halogens is 1. The van der Waals surface area contributed by atoms with Crippen LogP contribution in [0, 0.1) is 0 Å². The van der Waals surface area contributed by atoms with Crippen LogP contribution < -0.4 is 24.6 Å². The van der Waals surface area contributed by atoms with Crippen molar-refractivity contribution in [2.45, 2.75) is 0 Å². The van der Waals surface area contributed by atoms with Crippen molar-refractivity contribution in [3.8, 4) is 0 Å². The van der Waals surface area contributed by atoms with Crippen LogP contribution in [0.1, 0.15) is 11.8 Å². The van der Waals surface area contributed by atoms with E-state index in [0.717, 1.165) is 0 Å². The van der Waals surface area contributed by atoms with Crippen molar-refractivity contribution in [2.24, 2.45) is 0 Å². The van der Waals surface area contributed by atoms with Gasteiger partial charge in [0.1, 0.15) is 11.4 Å². The van der Waals surface area contributed by atoms with Crippen LogP contribution in [0.25, 0.3) is 10.9 Å². The first-order valence-electron chi connectivity index (χ1n) is 4.17. The van der Waals surface area contributed by atoms with E-state index in [1.165, 1.54) is 6.07 Å². The zero-order valence-corrected chi connectivity index (χ0v) is 9.32. The number of nitrogens with two attached hydrogens (primary N) is 1. The molecule has 16 heavy (non-hydrogen) atoms. The third-order valence-electron chi connectivity index (χ3n) is 2.04. The molecule has 0 aliphatic heterocycles. The summed E-state index contributed by atoms with van der Waals surface area (Å²) in [4.78, 5) is 14.8. The van der Waals surface area contributed by atoms with Gasteiger partial charge in [-0.25, -0.2) is 9.78 Å². The first kappa shape index (κ1) is 12.9. The van der Waals surface area contributed by atoms with Gasteiger partial charge in [0.2, 0.25) is 0 Å². The number of rotatable bonds is 1. The molecule has 1 aromatic heterocycles. The second kappa shape index (κ2) is 4.75. The van der Waals surface area contributed by atoms with E-state index in [4.69, 9.17) is 22.4 Å². The summed E-state index contributed by atoms with van der Waals surface area (Å²) in [6.07, 6.45) is 0. The number of pyridine rings is 1. The van der Waals surface area contributed by atoms with E-state index in [1.807, 2.05) is 0 Å². The molecule has 1 aromatic carbocycles. The molecule has 0 saturated heterocycles. The maximum atomic E-state index is 10.8. The van der Waals surface area contributed by atoms with Crippen molar-refractivity contribution in [3.63, 3.8) is 0 Å². The van der Waals surface area contributed by atoms with Gasteiger partial charge in [0, 0.05) is 10.4 Å². The zero-order valence-electron chi connectivity index (χ0n) is 9.57. The van der Waals surface area contributed by atoms with Crippen molar-refractivity contribution in [1.29, 1.82) is 0 Å². The van der Waals surface area contributed by atoms with Gasteiger partial charge in [-0.2, -0.15) is 0 Å². The van der Waals surface area contributed by atoms with Crippen LogP contribution in [-0.2, 0) is 0 Å². The molecular formula is C10H8ClLiN2O2. The van der Waals surface area contributed by atoms with E-state index in [0.29, 0.717) is 15.9 Å². The number of aromatic carboxylic acids is 1. The first-order valence-corrected chi connectivity index (χ1v) is 4.55. The Kier molecular flexibility index (Phi) is 3.82. The van der Waals surface area contributed by atoms with Gasteiger partial charge in [0.15, 0.2) is 0 Å². The summed E-state index contributed by atoms with van der Waals surface area (Å²) in [6, 6.07) is 6.48. The molecular weight excluding hydrogens is 223 g/mol. The van der Waals surface area contributed by atoms with Gasteiger partial charge in [-0.05, 0) is 24.3 Å². The second-order valence-electron chi connectivity index (χ2n) is 3.06. The van der Waals surface area contributed by atoms with Gasteiger partial charge in [-0.15, -0.1) is 0 Å². The summed E-state index contributed by atoms with van der Waals surface area (Å²) < 4.78 is 0. The molecule has 0 radical (unpaired) electrons. The van der Waals surface area contributed by atoms with Crippen molar-refractivity contribution >= 4 is 34.3 Å². The number of hydrogen-bond acceptors (Lipinski definition) is 3. The Balaban J connectivity index is 0.00000128. The van der Waals surface area contributed by atoms with Crippen LogP contribution >= 0.6 is 11.6 Å². The van der Waals surface area contributed by atoms with Crippen molar-refractivity contribution < 1.29 is 30.2 Å². The van der Waals surface area contributed by atoms with E-state index in [-0.39, 0.29) is 31.7 Å². The number of aromatic nitrogens is 1. The monoisotopic (exact) mass is 230 g/mol. The summed E-state index contributed by atoms with van der Waals surface area (Å²) in [5, 5.41) is 10.0. The van der Waals surface area contributed by atoms with Gasteiger partial charge < -0.3 is 12.3 Å². The molecule has 0 aliphatic rings. The summed E-state index contributed by atoms with van der Waals surface area (Å²) in [6.45, 7) is 0. The molecule has 2 aromatic rings. The Morgan fingerprint density at radius 1 is 1.44 bits per heavy atom. The summed E-state index contributed by atoms with van der Waals surface area (Å²) in [7, 11) is 0. The van der Waals surface area contributed by atoms with Crippen LogP contribution in [0.2, 0.25) is 5.02 Å². The largest absolute Gasteiger partial charge is 1.00 e. The predicted molar refractivity (Wildman–Crippen MR) is 59.2 cm³/mol. The van der Waals surface area contributed by atoms with Gasteiger partial charge in [0.05, 0.1) is 5.52 Å². The van der Waals surface area contributed by atoms with Crippen LogP contribution in [-0.4, -0.2) is 16.1 Å². The number of hydrogen-bond donors (Lipinski definition) is 2. The Bertz CT molecular complexity index is 565. The normalized spacial score (nSPS) is 9.81. The van der Waals surface area contributed by atoms with Crippen molar-refractivity contribution in [2.75, 3.05) is 5.73 Å². The van der Waals surface area contributed by atoms with Gasteiger partial charge in [-0.3, -0.25) is 0 Å². The van der Waals surface area contributed by atoms with E-state index in [1.54, 1.807) is 18.2 Å². The summed E-state index contributed by atoms with van der Waals surface area (Å²) in [5.74, 6) is -1.08. The van der Waals surface area contributed by atoms with E-state index < -0.39 is 5.97 Å². The minimum Gasteiger partial charge on any atom is -1.00 e. The maximum absolute atomic E-state index is 10.8. The van der Waals surface area contributed by atoms with E-state index in [9.17, 15) is 4.79 Å². The molecule has 78 valence electrons. The Labute approximate surface area is 110 Å². The topological polar surface area (TPSA) is 76.2 Å². The average molecular weight is 231 g/mol. The van der Waals surface area contributed by atoms with Crippen molar-refractivity contribution in [1.82, 2.24) is 4.98 Å². The van der Waals surface area contributed by atoms with Crippen LogP contribution in [0.3, 0.4) is 0 Å². The molecule has 2 rings (SSSR count). The third-order valence-corrected chi connectivity index (χ3v) is 2.27. The standard InChI is InChI=1S/C10H7ClN2O2.Li.H/c11-6-1-2-8-5(3-6)4-7(10(14)15)9(12)13-8;;/h1-4H,(H2,12,13)(H,14,15);;/q;+1;-1. The minimum atomic E-state index is -1.10. The SMILES string of the molecule is Nc1nc2ccc(Cl)cc2cc1C(=O)O.[H-].[Li+]. The number of nitrogens with zero attached hydrogens (tertiary/aromatic N) is 1. The molecule has 0 aliphatic carbocycles. The van der Waals surface area contributed by atoms with Gasteiger partial charge in [0.25, 0.3) is 0 Å². The number of benzene rings is 1. The van der Waals surface area contributed by atoms with Crippen LogP contribution in [0.15, 0.2) is 24.3 Å². The zero-order chi connectivity index (χ0) is 11.0. The maximum Gasteiger partial charge on any atom is 1.00 e. The fraction of sp³-hybridized carbons (Fsp3) is 0. The fourth-order valence-electron chi connectivity index (χ4n) is 1.33. The van der Waals surface area contributed by atoms with Crippen LogP contribution in [0.4, 0.5) is 5.82 Å². The number of anilines is 1. The Morgan fingerprint density at radius 2 is 2.12 bits per heavy atom. The van der Waals surface area contributed by atoms with E-state index >= 15 is 0 Å². The molecule has 0 spiro atoms. The number of carbonyl (C=O) groups is 1. The molecule has 0 unspecified atom stereocenters. The van der Waals surface area contributed by atoms with Crippen LogP contribution in [0.5, 0.6) is 0 Å². The fourth-order valence-corrected chi connectivity index (χ4v) is 1.51. The second-order valence-corrected chi connectivity index (χ2v) is 3.50. The molecule has 0 bridgehead atoms. The molecule has 0 atom stereocenters. The molecule has 0 amide bonds. The third kappa shape index (κ3) is 2.30. The molecule has 3 N–H and O–H groups in total. The number of fused-ring (bicyclic) bond motifs is 1. The molecule has 1 heterocycles. The first-order chi connectivity index (χ1) is 7.08. The van der Waals surface area contributed by atoms with Gasteiger partial charge in [-0.1, -0.05) is 11.6 Å². The van der Waals surface area contributed by atoms with Gasteiger partial charge >= 0.3 is 24.8 Å². The summed E-state index contributed by atoms with van der Waals surface area (Å²) >= 11 is 5.78. The number of carboxylic acid groups (broad SMARTS) is 1. The molecule has 6 heteroatoms. The van der Waals surface area contributed by atoms with E-state index in [2.05, 4.69) is 4.98 Å². The van der Waals surface area contributed by atoms with Crippen molar-refractivity contribution in [3.05, 3.63) is 34.9 Å². The molecule has 4 nitrogen and oxygen atoms in total. The number of nitrogen functional groups attached to an aromatic ring is 1. The molecule has 0 fully saturated rings.